The second-order valence-electron chi connectivity index (χ2n) is 3.29. The van der Waals surface area contributed by atoms with Crippen molar-refractivity contribution >= 4 is 28.8 Å². The zero-order valence-electron chi connectivity index (χ0n) is 8.92. The molecule has 1 amide bonds. The van der Waals surface area contributed by atoms with Gasteiger partial charge in [-0.3, -0.25) is 9.78 Å². The van der Waals surface area contributed by atoms with Crippen molar-refractivity contribution in [2.45, 2.75) is 13.0 Å². The van der Waals surface area contributed by atoms with Crippen molar-refractivity contribution in [1.29, 1.82) is 0 Å². The monoisotopic (exact) mass is 268 g/mol. The first-order chi connectivity index (χ1) is 8.16. The summed E-state index contributed by atoms with van der Waals surface area (Å²) in [6, 6.07) is -0.164. The standard InChI is InChI=1S/C10H9ClN4OS/c1-6(10-13-2-3-17-10)14-9(16)7-4-12-5-8(11)15-7/h2-6H,1H3,(H,14,16). The van der Waals surface area contributed by atoms with Gasteiger partial charge in [0.25, 0.3) is 5.91 Å². The van der Waals surface area contributed by atoms with Gasteiger partial charge < -0.3 is 5.32 Å². The minimum atomic E-state index is -0.317. The molecular weight excluding hydrogens is 260 g/mol. The lowest BCUT2D eigenvalue weighted by atomic mass is 10.3. The van der Waals surface area contributed by atoms with E-state index in [0.29, 0.717) is 0 Å². The zero-order chi connectivity index (χ0) is 12.3. The Morgan fingerprint density at radius 1 is 1.53 bits per heavy atom. The summed E-state index contributed by atoms with van der Waals surface area (Å²) in [6.07, 6.45) is 4.44. The number of nitrogens with one attached hydrogen (secondary N) is 1. The fraction of sp³-hybridized carbons (Fsp3) is 0.200. The Bertz CT molecular complexity index is 517. The number of thiazole rings is 1. The van der Waals surface area contributed by atoms with Gasteiger partial charge in [0, 0.05) is 11.6 Å². The van der Waals surface area contributed by atoms with Crippen LogP contribution in [0.3, 0.4) is 0 Å². The van der Waals surface area contributed by atoms with Gasteiger partial charge >= 0.3 is 0 Å². The highest BCUT2D eigenvalue weighted by atomic mass is 35.5. The zero-order valence-corrected chi connectivity index (χ0v) is 10.5. The van der Waals surface area contributed by atoms with E-state index in [2.05, 4.69) is 20.3 Å². The van der Waals surface area contributed by atoms with Crippen molar-refractivity contribution in [1.82, 2.24) is 20.3 Å². The van der Waals surface area contributed by atoms with Crippen molar-refractivity contribution in [3.8, 4) is 0 Å². The molecule has 2 rings (SSSR count). The lowest BCUT2D eigenvalue weighted by molar-refractivity contribution is 0.0934. The SMILES string of the molecule is CC(NC(=O)c1cncc(Cl)n1)c1nccs1. The largest absolute Gasteiger partial charge is 0.342 e. The van der Waals surface area contributed by atoms with Gasteiger partial charge in [0.05, 0.1) is 18.4 Å². The Labute approximate surface area is 107 Å². The normalized spacial score (nSPS) is 12.1. The highest BCUT2D eigenvalue weighted by Crippen LogP contribution is 2.15. The average Bonchev–Trinajstić information content (AvgIpc) is 2.82. The lowest BCUT2D eigenvalue weighted by Crippen LogP contribution is -2.27. The minimum absolute atomic E-state index is 0.164. The molecule has 7 heteroatoms. The molecule has 0 aromatic carbocycles. The van der Waals surface area contributed by atoms with Gasteiger partial charge in [0.2, 0.25) is 0 Å². The highest BCUT2D eigenvalue weighted by molar-refractivity contribution is 7.09. The predicted molar refractivity (Wildman–Crippen MR) is 65.0 cm³/mol. The van der Waals surface area contributed by atoms with Crippen LogP contribution < -0.4 is 5.32 Å². The third-order valence-electron chi connectivity index (χ3n) is 2.01. The van der Waals surface area contributed by atoms with Gasteiger partial charge in [-0.15, -0.1) is 11.3 Å². The number of aromatic nitrogens is 3. The molecule has 0 aliphatic heterocycles. The molecule has 1 atom stereocenters. The molecule has 0 radical (unpaired) electrons. The number of carbonyl (C=O) groups excluding carboxylic acids is 1. The van der Waals surface area contributed by atoms with Gasteiger partial charge in [0.15, 0.2) is 0 Å². The van der Waals surface area contributed by atoms with E-state index in [1.54, 1.807) is 6.20 Å². The van der Waals surface area contributed by atoms with Gasteiger partial charge in [-0.05, 0) is 6.92 Å². The molecule has 0 saturated carbocycles. The number of rotatable bonds is 3. The smallest absolute Gasteiger partial charge is 0.272 e. The van der Waals surface area contributed by atoms with Crippen molar-refractivity contribution in [2.24, 2.45) is 0 Å². The summed E-state index contributed by atoms with van der Waals surface area (Å²) in [7, 11) is 0. The summed E-state index contributed by atoms with van der Waals surface area (Å²) < 4.78 is 0. The van der Waals surface area contributed by atoms with Crippen LogP contribution in [0.1, 0.15) is 28.5 Å². The molecule has 1 unspecified atom stereocenters. The quantitative estimate of drug-likeness (QED) is 0.925. The van der Waals surface area contributed by atoms with E-state index in [1.165, 1.54) is 23.7 Å². The van der Waals surface area contributed by atoms with Crippen LogP contribution in [0.15, 0.2) is 24.0 Å². The van der Waals surface area contributed by atoms with Crippen molar-refractivity contribution in [2.75, 3.05) is 0 Å². The molecule has 17 heavy (non-hydrogen) atoms. The molecule has 2 heterocycles. The molecular formula is C10H9ClN4OS. The van der Waals surface area contributed by atoms with Gasteiger partial charge in [0.1, 0.15) is 15.9 Å². The Morgan fingerprint density at radius 2 is 2.35 bits per heavy atom. The number of halogens is 1. The van der Waals surface area contributed by atoms with E-state index < -0.39 is 0 Å². The third-order valence-corrected chi connectivity index (χ3v) is 3.15. The molecule has 2 aromatic rings. The van der Waals surface area contributed by atoms with E-state index >= 15 is 0 Å². The number of hydrogen-bond donors (Lipinski definition) is 1. The third kappa shape index (κ3) is 2.98. The molecule has 0 spiro atoms. The fourth-order valence-corrected chi connectivity index (χ4v) is 2.03. The maximum Gasteiger partial charge on any atom is 0.272 e. The van der Waals surface area contributed by atoms with Crippen LogP contribution in [0.25, 0.3) is 0 Å². The summed E-state index contributed by atoms with van der Waals surface area (Å²) in [4.78, 5) is 23.6. The number of nitrogens with zero attached hydrogens (tertiary/aromatic N) is 3. The van der Waals surface area contributed by atoms with Crippen LogP contribution in [0, 0.1) is 0 Å². The summed E-state index contributed by atoms with van der Waals surface area (Å²) >= 11 is 7.14. The summed E-state index contributed by atoms with van der Waals surface area (Å²) in [5.41, 5.74) is 0.195. The van der Waals surface area contributed by atoms with E-state index in [0.717, 1.165) is 5.01 Å². The van der Waals surface area contributed by atoms with Crippen molar-refractivity contribution < 1.29 is 4.79 Å². The number of hydrogen-bond acceptors (Lipinski definition) is 5. The molecule has 0 bridgehead atoms. The predicted octanol–water partition coefficient (Wildman–Crippen LogP) is 2.08. The molecule has 0 saturated heterocycles. The maximum absolute atomic E-state index is 11.8. The minimum Gasteiger partial charge on any atom is -0.342 e. The lowest BCUT2D eigenvalue weighted by Gasteiger charge is -2.10. The van der Waals surface area contributed by atoms with Crippen LogP contribution in [-0.2, 0) is 0 Å². The highest BCUT2D eigenvalue weighted by Gasteiger charge is 2.14. The van der Waals surface area contributed by atoms with Crippen LogP contribution in [0.5, 0.6) is 0 Å². The Hall–Kier alpha value is -1.53. The molecule has 0 aliphatic carbocycles. The summed E-state index contributed by atoms with van der Waals surface area (Å²) in [5, 5.41) is 5.67. The van der Waals surface area contributed by atoms with Crippen molar-refractivity contribution in [3.05, 3.63) is 39.8 Å². The van der Waals surface area contributed by atoms with Crippen molar-refractivity contribution in [3.63, 3.8) is 0 Å². The Balaban J connectivity index is 2.07. The molecule has 0 fully saturated rings. The first-order valence-corrected chi connectivity index (χ1v) is 6.10. The summed E-state index contributed by atoms with van der Waals surface area (Å²) in [6.45, 7) is 1.86. The van der Waals surface area contributed by atoms with Gasteiger partial charge in [-0.1, -0.05) is 11.6 Å². The van der Waals surface area contributed by atoms with Crippen LogP contribution in [-0.4, -0.2) is 20.9 Å². The molecule has 1 N–H and O–H groups in total. The summed E-state index contributed by atoms with van der Waals surface area (Å²) in [5.74, 6) is -0.317. The van der Waals surface area contributed by atoms with Crippen LogP contribution in [0.2, 0.25) is 5.15 Å². The van der Waals surface area contributed by atoms with E-state index in [9.17, 15) is 4.79 Å². The van der Waals surface area contributed by atoms with Crippen LogP contribution >= 0.6 is 22.9 Å². The molecule has 5 nitrogen and oxygen atoms in total. The fourth-order valence-electron chi connectivity index (χ4n) is 1.23. The second kappa shape index (κ2) is 5.20. The Morgan fingerprint density at radius 3 is 3.00 bits per heavy atom. The molecule has 88 valence electrons. The molecule has 2 aromatic heterocycles. The Kier molecular flexibility index (Phi) is 3.65. The van der Waals surface area contributed by atoms with E-state index in [1.807, 2.05) is 12.3 Å². The number of amides is 1. The van der Waals surface area contributed by atoms with E-state index in [4.69, 9.17) is 11.6 Å². The topological polar surface area (TPSA) is 67.8 Å². The van der Waals surface area contributed by atoms with Gasteiger partial charge in [-0.2, -0.15) is 0 Å². The maximum atomic E-state index is 11.8. The average molecular weight is 269 g/mol. The first-order valence-electron chi connectivity index (χ1n) is 4.84. The number of carbonyl (C=O) groups is 1. The first kappa shape index (κ1) is 11.9. The molecule has 0 aliphatic rings. The van der Waals surface area contributed by atoms with Gasteiger partial charge in [-0.25, -0.2) is 9.97 Å². The van der Waals surface area contributed by atoms with E-state index in [-0.39, 0.29) is 22.8 Å². The second-order valence-corrected chi connectivity index (χ2v) is 4.61. The van der Waals surface area contributed by atoms with Crippen LogP contribution in [0.4, 0.5) is 0 Å².